The molecule has 0 N–H and O–H groups in total. The van der Waals surface area contributed by atoms with Crippen LogP contribution in [0, 0.1) is 0 Å². The molecule has 0 amide bonds. The number of methoxy groups -OCH3 is 1. The second-order valence-corrected chi connectivity index (χ2v) is 6.96. The quantitative estimate of drug-likeness (QED) is 0.531. The lowest BCUT2D eigenvalue weighted by Crippen LogP contribution is -2.28. The van der Waals surface area contributed by atoms with E-state index in [1.54, 1.807) is 23.4 Å². The minimum Gasteiger partial charge on any atom is -0.497 e. The Morgan fingerprint density at radius 2 is 2.00 bits per heavy atom. The lowest BCUT2D eigenvalue weighted by Gasteiger charge is -2.22. The Kier molecular flexibility index (Phi) is 4.32. The highest BCUT2D eigenvalue weighted by molar-refractivity contribution is 7.98. The molecule has 0 saturated carbocycles. The highest BCUT2D eigenvalue weighted by atomic mass is 32.2. The molecule has 4 nitrogen and oxygen atoms in total. The average molecular weight is 350 g/mol. The van der Waals surface area contributed by atoms with Crippen LogP contribution < -0.4 is 10.4 Å². The lowest BCUT2D eigenvalue weighted by atomic mass is 9.97. The zero-order chi connectivity index (χ0) is 17.2. The molecule has 4 rings (SSSR count). The number of hydrogen-bond acceptors (Lipinski definition) is 4. The minimum absolute atomic E-state index is 0.172. The van der Waals surface area contributed by atoms with Gasteiger partial charge in [0.05, 0.1) is 12.8 Å². The summed E-state index contributed by atoms with van der Waals surface area (Å²) >= 11 is 1.59. The predicted octanol–water partition coefficient (Wildman–Crippen LogP) is 3.77. The molecule has 2 aromatic carbocycles. The van der Waals surface area contributed by atoms with E-state index in [9.17, 15) is 4.79 Å². The van der Waals surface area contributed by atoms with Crippen molar-refractivity contribution < 1.29 is 4.74 Å². The van der Waals surface area contributed by atoms with E-state index in [2.05, 4.69) is 23.2 Å². The van der Waals surface area contributed by atoms with Crippen molar-refractivity contribution in [2.75, 3.05) is 7.11 Å². The highest BCUT2D eigenvalue weighted by Gasteiger charge is 2.19. The SMILES string of the molecule is COc1ccc2c(c1)CCn1c-2cc(SCc2ccccc2)nc1=O. The summed E-state index contributed by atoms with van der Waals surface area (Å²) in [6.45, 7) is 0.658. The van der Waals surface area contributed by atoms with Crippen molar-refractivity contribution in [1.29, 1.82) is 0 Å². The summed E-state index contributed by atoms with van der Waals surface area (Å²) in [7, 11) is 1.67. The maximum atomic E-state index is 12.4. The van der Waals surface area contributed by atoms with E-state index in [4.69, 9.17) is 4.74 Å². The third kappa shape index (κ3) is 3.20. The zero-order valence-electron chi connectivity index (χ0n) is 13.9. The van der Waals surface area contributed by atoms with Crippen molar-refractivity contribution in [2.45, 2.75) is 23.7 Å². The van der Waals surface area contributed by atoms with Crippen LogP contribution in [0.1, 0.15) is 11.1 Å². The molecular weight excluding hydrogens is 332 g/mol. The van der Waals surface area contributed by atoms with Gasteiger partial charge in [-0.1, -0.05) is 30.3 Å². The zero-order valence-corrected chi connectivity index (χ0v) is 14.8. The first-order valence-electron chi connectivity index (χ1n) is 8.20. The first-order chi connectivity index (χ1) is 12.2. The van der Waals surface area contributed by atoms with Gasteiger partial charge in [0.1, 0.15) is 10.8 Å². The number of nitrogens with zero attached hydrogens (tertiary/aromatic N) is 2. The van der Waals surface area contributed by atoms with Crippen LogP contribution in [0.15, 0.2) is 64.4 Å². The molecule has 1 aromatic heterocycles. The molecule has 0 fully saturated rings. The largest absolute Gasteiger partial charge is 0.497 e. The van der Waals surface area contributed by atoms with Crippen molar-refractivity contribution >= 4 is 11.8 Å². The molecule has 0 unspecified atom stereocenters. The standard InChI is InChI=1S/C20H18N2O2S/c1-24-16-7-8-17-15(11-16)9-10-22-18(17)12-19(21-20(22)23)25-13-14-5-3-2-4-6-14/h2-8,11-12H,9-10,13H2,1H3. The minimum atomic E-state index is -0.172. The Morgan fingerprint density at radius 3 is 2.80 bits per heavy atom. The van der Waals surface area contributed by atoms with Crippen LogP contribution in [0.3, 0.4) is 0 Å². The molecule has 0 saturated heterocycles. The lowest BCUT2D eigenvalue weighted by molar-refractivity contribution is 0.414. The highest BCUT2D eigenvalue weighted by Crippen LogP contribution is 2.33. The molecular formula is C20H18N2O2S. The fourth-order valence-electron chi connectivity index (χ4n) is 3.12. The number of rotatable bonds is 4. The van der Waals surface area contributed by atoms with Gasteiger partial charge in [0.25, 0.3) is 0 Å². The van der Waals surface area contributed by atoms with Crippen LogP contribution >= 0.6 is 11.8 Å². The smallest absolute Gasteiger partial charge is 0.349 e. The molecule has 0 spiro atoms. The second kappa shape index (κ2) is 6.76. The molecule has 25 heavy (non-hydrogen) atoms. The Labute approximate surface area is 150 Å². The van der Waals surface area contributed by atoms with E-state index < -0.39 is 0 Å². The topological polar surface area (TPSA) is 44.1 Å². The number of fused-ring (bicyclic) bond motifs is 3. The third-order valence-electron chi connectivity index (χ3n) is 4.41. The maximum Gasteiger partial charge on any atom is 0.349 e. The molecule has 0 radical (unpaired) electrons. The fourth-order valence-corrected chi connectivity index (χ4v) is 3.96. The van der Waals surface area contributed by atoms with Gasteiger partial charge in [-0.15, -0.1) is 11.8 Å². The summed E-state index contributed by atoms with van der Waals surface area (Å²) in [5, 5.41) is 0.767. The first kappa shape index (κ1) is 16.0. The van der Waals surface area contributed by atoms with E-state index in [0.717, 1.165) is 34.2 Å². The summed E-state index contributed by atoms with van der Waals surface area (Å²) < 4.78 is 7.08. The fraction of sp³-hybridized carbons (Fsp3) is 0.200. The predicted molar refractivity (Wildman–Crippen MR) is 100 cm³/mol. The summed E-state index contributed by atoms with van der Waals surface area (Å²) in [6, 6.07) is 18.3. The molecule has 126 valence electrons. The Morgan fingerprint density at radius 1 is 1.16 bits per heavy atom. The van der Waals surface area contributed by atoms with Gasteiger partial charge >= 0.3 is 5.69 Å². The second-order valence-electron chi connectivity index (χ2n) is 5.96. The third-order valence-corrected chi connectivity index (χ3v) is 5.39. The molecule has 0 atom stereocenters. The number of aryl methyl sites for hydroxylation is 1. The van der Waals surface area contributed by atoms with E-state index in [-0.39, 0.29) is 5.69 Å². The number of benzene rings is 2. The van der Waals surface area contributed by atoms with Crippen LogP contribution in [0.5, 0.6) is 5.75 Å². The van der Waals surface area contributed by atoms with E-state index in [1.807, 2.05) is 36.4 Å². The molecule has 2 heterocycles. The summed E-state index contributed by atoms with van der Waals surface area (Å²) in [5.74, 6) is 1.65. The van der Waals surface area contributed by atoms with Gasteiger partial charge < -0.3 is 4.74 Å². The summed E-state index contributed by atoms with van der Waals surface area (Å²) in [6.07, 6.45) is 0.817. The molecule has 1 aliphatic heterocycles. The maximum absolute atomic E-state index is 12.4. The van der Waals surface area contributed by atoms with Gasteiger partial charge in [-0.25, -0.2) is 4.79 Å². The molecule has 1 aliphatic rings. The van der Waals surface area contributed by atoms with Crippen molar-refractivity contribution in [3.8, 4) is 17.0 Å². The normalized spacial score (nSPS) is 12.4. The average Bonchev–Trinajstić information content (AvgIpc) is 2.66. The van der Waals surface area contributed by atoms with Crippen molar-refractivity contribution in [2.24, 2.45) is 0 Å². The van der Waals surface area contributed by atoms with Gasteiger partial charge in [-0.05, 0) is 41.8 Å². The van der Waals surface area contributed by atoms with E-state index >= 15 is 0 Å². The molecule has 0 bridgehead atoms. The van der Waals surface area contributed by atoms with Crippen LogP contribution in [0.2, 0.25) is 0 Å². The Hall–Kier alpha value is -2.53. The van der Waals surface area contributed by atoms with Crippen molar-refractivity contribution in [3.05, 3.63) is 76.2 Å². The van der Waals surface area contributed by atoms with E-state index in [0.29, 0.717) is 6.54 Å². The number of ether oxygens (including phenoxy) is 1. The molecule has 3 aromatic rings. The summed E-state index contributed by atoms with van der Waals surface area (Å²) in [5.41, 5.74) is 4.29. The Bertz CT molecular complexity index is 967. The van der Waals surface area contributed by atoms with Crippen LogP contribution in [-0.4, -0.2) is 16.7 Å². The van der Waals surface area contributed by atoms with Crippen LogP contribution in [-0.2, 0) is 18.7 Å². The van der Waals surface area contributed by atoms with Gasteiger partial charge in [0.15, 0.2) is 0 Å². The molecule has 5 heteroatoms. The van der Waals surface area contributed by atoms with E-state index in [1.165, 1.54) is 11.1 Å². The number of hydrogen-bond donors (Lipinski definition) is 0. The summed E-state index contributed by atoms with van der Waals surface area (Å²) in [4.78, 5) is 16.7. The Balaban J connectivity index is 1.69. The first-order valence-corrected chi connectivity index (χ1v) is 9.19. The van der Waals surface area contributed by atoms with Gasteiger partial charge in [-0.2, -0.15) is 4.98 Å². The monoisotopic (exact) mass is 350 g/mol. The van der Waals surface area contributed by atoms with Crippen molar-refractivity contribution in [3.63, 3.8) is 0 Å². The van der Waals surface area contributed by atoms with Crippen LogP contribution in [0.25, 0.3) is 11.3 Å². The molecule has 0 aliphatic carbocycles. The number of aromatic nitrogens is 2. The van der Waals surface area contributed by atoms with Crippen molar-refractivity contribution in [1.82, 2.24) is 9.55 Å². The van der Waals surface area contributed by atoms with Gasteiger partial charge in [0, 0.05) is 17.9 Å². The van der Waals surface area contributed by atoms with Crippen LogP contribution in [0.4, 0.5) is 0 Å². The number of thioether (sulfide) groups is 1. The van der Waals surface area contributed by atoms with Gasteiger partial charge in [-0.3, -0.25) is 4.57 Å². The van der Waals surface area contributed by atoms with Gasteiger partial charge in [0.2, 0.25) is 0 Å².